The predicted octanol–water partition coefficient (Wildman–Crippen LogP) is 0.129. The van der Waals surface area contributed by atoms with E-state index < -0.39 is 5.91 Å². The third kappa shape index (κ3) is 3.82. The second-order valence-corrected chi connectivity index (χ2v) is 5.24. The van der Waals surface area contributed by atoms with Gasteiger partial charge >= 0.3 is 0 Å². The molecule has 0 aliphatic rings. The average Bonchev–Trinajstić information content (AvgIpc) is 2.70. The number of amides is 2. The summed E-state index contributed by atoms with van der Waals surface area (Å²) < 4.78 is 0. The van der Waals surface area contributed by atoms with E-state index in [1.165, 1.54) is 23.3 Å². The maximum absolute atomic E-state index is 12.1. The zero-order valence-electron chi connectivity index (χ0n) is 11.3. The molecule has 0 aromatic carbocycles. The molecule has 4 N–H and O–H groups in total. The van der Waals surface area contributed by atoms with Gasteiger partial charge in [-0.3, -0.25) is 9.59 Å². The molecule has 0 aliphatic carbocycles. The quantitative estimate of drug-likeness (QED) is 0.772. The number of rotatable bonds is 6. The summed E-state index contributed by atoms with van der Waals surface area (Å²) in [5, 5.41) is 0.690. The normalized spacial score (nSPS) is 10.3. The summed E-state index contributed by atoms with van der Waals surface area (Å²) in [5.74, 6) is -0.725. The number of anilines is 2. The number of carbonyl (C=O) groups excluding carboxylic acids is 2. The van der Waals surface area contributed by atoms with Gasteiger partial charge in [0.15, 0.2) is 5.13 Å². The second-order valence-electron chi connectivity index (χ2n) is 4.26. The van der Waals surface area contributed by atoms with Crippen molar-refractivity contribution in [3.63, 3.8) is 0 Å². The van der Waals surface area contributed by atoms with Crippen molar-refractivity contribution >= 4 is 34.1 Å². The predicted molar refractivity (Wildman–Crippen MR) is 76.2 cm³/mol. The first-order chi connectivity index (χ1) is 8.86. The highest BCUT2D eigenvalue weighted by Crippen LogP contribution is 2.28. The first kappa shape index (κ1) is 15.2. The van der Waals surface area contributed by atoms with Gasteiger partial charge < -0.3 is 21.3 Å². The number of hydrogen-bond acceptors (Lipinski definition) is 6. The van der Waals surface area contributed by atoms with Crippen LogP contribution in [0.25, 0.3) is 0 Å². The lowest BCUT2D eigenvalue weighted by Crippen LogP contribution is -2.35. The van der Waals surface area contributed by atoms with Gasteiger partial charge in [-0.25, -0.2) is 4.98 Å². The van der Waals surface area contributed by atoms with Crippen LogP contribution in [0.3, 0.4) is 0 Å². The molecule has 1 heterocycles. The molecule has 0 aliphatic heterocycles. The van der Waals surface area contributed by atoms with E-state index in [1.54, 1.807) is 0 Å². The highest BCUT2D eigenvalue weighted by molar-refractivity contribution is 7.18. The topological polar surface area (TPSA) is 106 Å². The summed E-state index contributed by atoms with van der Waals surface area (Å²) in [6.45, 7) is 2.74. The molecule has 1 rings (SSSR count). The number of nitrogen functional groups attached to an aromatic ring is 1. The van der Waals surface area contributed by atoms with E-state index in [-0.39, 0.29) is 18.3 Å². The molecule has 1 aromatic rings. The molecule has 8 heteroatoms. The monoisotopic (exact) mass is 285 g/mol. The van der Waals surface area contributed by atoms with Crippen molar-refractivity contribution in [3.8, 4) is 0 Å². The number of thiazole rings is 1. The van der Waals surface area contributed by atoms with Gasteiger partial charge in [-0.05, 0) is 6.42 Å². The van der Waals surface area contributed by atoms with E-state index in [0.29, 0.717) is 10.0 Å². The molecule has 2 amide bonds. The number of nitrogens with two attached hydrogens (primary N) is 2. The van der Waals surface area contributed by atoms with Crippen LogP contribution in [-0.2, 0) is 4.79 Å². The smallest absolute Gasteiger partial charge is 0.268 e. The van der Waals surface area contributed by atoms with Gasteiger partial charge in [0.25, 0.3) is 5.91 Å². The van der Waals surface area contributed by atoms with Crippen LogP contribution in [0.15, 0.2) is 0 Å². The number of primary amides is 1. The summed E-state index contributed by atoms with van der Waals surface area (Å²) >= 11 is 1.22. The van der Waals surface area contributed by atoms with Gasteiger partial charge in [0.2, 0.25) is 5.91 Å². The highest BCUT2D eigenvalue weighted by atomic mass is 32.1. The minimum Gasteiger partial charge on any atom is -0.382 e. The number of hydrogen-bond donors (Lipinski definition) is 2. The van der Waals surface area contributed by atoms with Crippen LogP contribution in [0.4, 0.5) is 10.9 Å². The average molecular weight is 285 g/mol. The Balaban J connectivity index is 2.89. The Hall–Kier alpha value is -1.83. The van der Waals surface area contributed by atoms with Crippen molar-refractivity contribution in [1.29, 1.82) is 0 Å². The van der Waals surface area contributed by atoms with Crippen molar-refractivity contribution in [3.05, 3.63) is 4.88 Å². The van der Waals surface area contributed by atoms with E-state index in [4.69, 9.17) is 11.5 Å². The largest absolute Gasteiger partial charge is 0.382 e. The third-order valence-corrected chi connectivity index (χ3v) is 3.64. The highest BCUT2D eigenvalue weighted by Gasteiger charge is 2.21. The fourth-order valence-corrected chi connectivity index (χ4v) is 2.51. The van der Waals surface area contributed by atoms with E-state index >= 15 is 0 Å². The van der Waals surface area contributed by atoms with Crippen molar-refractivity contribution < 1.29 is 9.59 Å². The Bertz CT molecular complexity index is 474. The van der Waals surface area contributed by atoms with Gasteiger partial charge in [0, 0.05) is 20.6 Å². The molecule has 0 radical (unpaired) electrons. The Labute approximate surface area is 116 Å². The lowest BCUT2D eigenvalue weighted by molar-refractivity contribution is -0.118. The van der Waals surface area contributed by atoms with Gasteiger partial charge in [0.1, 0.15) is 10.7 Å². The summed E-state index contributed by atoms with van der Waals surface area (Å²) in [5.41, 5.74) is 10.8. The number of carbonyl (C=O) groups is 2. The lowest BCUT2D eigenvalue weighted by Gasteiger charge is -2.14. The van der Waals surface area contributed by atoms with Crippen LogP contribution in [-0.4, -0.2) is 48.9 Å². The minimum absolute atomic E-state index is 0.143. The first-order valence-electron chi connectivity index (χ1n) is 5.88. The lowest BCUT2D eigenvalue weighted by atomic mass is 10.4. The fraction of sp³-hybridized carbons (Fsp3) is 0.545. The molecule has 0 unspecified atom stereocenters. The molecule has 0 saturated heterocycles. The molecular formula is C11H19N5O2S. The Morgan fingerprint density at radius 1 is 1.37 bits per heavy atom. The summed E-state index contributed by atoms with van der Waals surface area (Å²) in [6.07, 6.45) is 0.973. The number of nitrogens with zero attached hydrogens (tertiary/aromatic N) is 3. The molecule has 0 spiro atoms. The SMILES string of the molecule is CCCN(C)c1nc(N)c(C(=O)N(C)CC(N)=O)s1. The molecular weight excluding hydrogens is 266 g/mol. The Morgan fingerprint density at radius 2 is 2.00 bits per heavy atom. The summed E-state index contributed by atoms with van der Waals surface area (Å²) in [7, 11) is 3.39. The number of aromatic nitrogens is 1. The standard InChI is InChI=1S/C11H19N5O2S/c1-4-5-15(2)11-14-9(13)8(19-11)10(18)16(3)6-7(12)17/h4-6,13H2,1-3H3,(H2,12,17). The molecule has 1 aromatic heterocycles. The van der Waals surface area contributed by atoms with Crippen molar-refractivity contribution in [2.24, 2.45) is 5.73 Å². The fourth-order valence-electron chi connectivity index (χ4n) is 1.55. The Morgan fingerprint density at radius 3 is 2.53 bits per heavy atom. The van der Waals surface area contributed by atoms with E-state index in [9.17, 15) is 9.59 Å². The zero-order valence-corrected chi connectivity index (χ0v) is 12.2. The van der Waals surface area contributed by atoms with Crippen LogP contribution in [0.2, 0.25) is 0 Å². The summed E-state index contributed by atoms with van der Waals surface area (Å²) in [4.78, 5) is 30.6. The zero-order chi connectivity index (χ0) is 14.6. The first-order valence-corrected chi connectivity index (χ1v) is 6.69. The van der Waals surface area contributed by atoms with E-state index in [1.807, 2.05) is 11.9 Å². The van der Waals surface area contributed by atoms with Crippen LogP contribution in [0.1, 0.15) is 23.0 Å². The van der Waals surface area contributed by atoms with Crippen molar-refractivity contribution in [2.75, 3.05) is 37.8 Å². The maximum Gasteiger partial charge on any atom is 0.268 e. The maximum atomic E-state index is 12.1. The number of likely N-dealkylation sites (N-methyl/N-ethyl adjacent to an activating group) is 1. The molecule has 0 fully saturated rings. The molecule has 0 saturated carbocycles. The molecule has 7 nitrogen and oxygen atoms in total. The molecule has 19 heavy (non-hydrogen) atoms. The Kier molecular flexibility index (Phi) is 5.11. The van der Waals surface area contributed by atoms with Crippen molar-refractivity contribution in [2.45, 2.75) is 13.3 Å². The van der Waals surface area contributed by atoms with E-state index in [0.717, 1.165) is 13.0 Å². The van der Waals surface area contributed by atoms with Gasteiger partial charge in [-0.1, -0.05) is 18.3 Å². The van der Waals surface area contributed by atoms with Gasteiger partial charge in [0.05, 0.1) is 6.54 Å². The molecule has 106 valence electrons. The molecule has 0 atom stereocenters. The second kappa shape index (κ2) is 6.37. The van der Waals surface area contributed by atoms with Gasteiger partial charge in [-0.2, -0.15) is 0 Å². The van der Waals surface area contributed by atoms with Crippen LogP contribution < -0.4 is 16.4 Å². The third-order valence-electron chi connectivity index (χ3n) is 2.46. The van der Waals surface area contributed by atoms with Gasteiger partial charge in [-0.15, -0.1) is 0 Å². The summed E-state index contributed by atoms with van der Waals surface area (Å²) in [6, 6.07) is 0. The van der Waals surface area contributed by atoms with Crippen LogP contribution in [0.5, 0.6) is 0 Å². The minimum atomic E-state index is -0.567. The van der Waals surface area contributed by atoms with Crippen LogP contribution >= 0.6 is 11.3 Å². The molecule has 0 bridgehead atoms. The van der Waals surface area contributed by atoms with Crippen molar-refractivity contribution in [1.82, 2.24) is 9.88 Å². The van der Waals surface area contributed by atoms with Crippen LogP contribution in [0, 0.1) is 0 Å². The van der Waals surface area contributed by atoms with E-state index in [2.05, 4.69) is 11.9 Å².